The summed E-state index contributed by atoms with van der Waals surface area (Å²) in [5.74, 6) is 0. The molecule has 4 nitrogen and oxygen atoms in total. The lowest BCUT2D eigenvalue weighted by Gasteiger charge is -1.97. The van der Waals surface area contributed by atoms with Crippen molar-refractivity contribution < 1.29 is 4.52 Å². The Labute approximate surface area is 106 Å². The van der Waals surface area contributed by atoms with Crippen molar-refractivity contribution in [1.82, 2.24) is 15.1 Å². The zero-order valence-electron chi connectivity index (χ0n) is 8.39. The van der Waals surface area contributed by atoms with E-state index in [1.54, 1.807) is 12.1 Å². The van der Waals surface area contributed by atoms with E-state index in [9.17, 15) is 0 Å². The molecule has 0 radical (unpaired) electrons. The number of aromatic nitrogens is 3. The molecule has 0 aliphatic carbocycles. The second kappa shape index (κ2) is 3.98. The summed E-state index contributed by atoms with van der Waals surface area (Å²) in [6.07, 6.45) is 1.33. The minimum atomic E-state index is 0.321. The Kier molecular flexibility index (Phi) is 2.46. The van der Waals surface area contributed by atoms with Crippen LogP contribution in [0, 0.1) is 0 Å². The smallest absolute Gasteiger partial charge is 0.262 e. The Balaban J connectivity index is 2.27. The normalized spacial score (nSPS) is 10.9. The van der Waals surface area contributed by atoms with Gasteiger partial charge in [0, 0.05) is 10.6 Å². The number of nitrogens with zero attached hydrogens (tertiary/aromatic N) is 3. The molecule has 0 fully saturated rings. The molecule has 0 bridgehead atoms. The average molecular weight is 266 g/mol. The van der Waals surface area contributed by atoms with Crippen LogP contribution in [0.4, 0.5) is 0 Å². The zero-order valence-corrected chi connectivity index (χ0v) is 9.90. The molecule has 1 aromatic carbocycles. The molecule has 0 saturated carbocycles. The molecular weight excluding hydrogens is 261 g/mol. The van der Waals surface area contributed by atoms with Crippen LogP contribution in [0.2, 0.25) is 10.2 Å². The summed E-state index contributed by atoms with van der Waals surface area (Å²) in [5.41, 5.74) is 1.84. The fourth-order valence-electron chi connectivity index (χ4n) is 1.56. The highest BCUT2D eigenvalue weighted by Gasteiger charge is 2.15. The average Bonchev–Trinajstić information content (AvgIpc) is 2.75. The van der Waals surface area contributed by atoms with Gasteiger partial charge in [-0.3, -0.25) is 0 Å². The first-order valence-corrected chi connectivity index (χ1v) is 5.53. The quantitative estimate of drug-likeness (QED) is 0.631. The number of benzene rings is 1. The van der Waals surface area contributed by atoms with Crippen molar-refractivity contribution in [3.63, 3.8) is 0 Å². The molecule has 3 rings (SSSR count). The van der Waals surface area contributed by atoms with Crippen LogP contribution in [-0.2, 0) is 0 Å². The van der Waals surface area contributed by atoms with Gasteiger partial charge in [0.25, 0.3) is 5.71 Å². The fourth-order valence-corrected chi connectivity index (χ4v) is 1.90. The van der Waals surface area contributed by atoms with Crippen LogP contribution >= 0.6 is 23.2 Å². The monoisotopic (exact) mass is 265 g/mol. The number of hydrogen-bond donors (Lipinski definition) is 0. The van der Waals surface area contributed by atoms with Crippen LogP contribution in [0.5, 0.6) is 0 Å². The van der Waals surface area contributed by atoms with Gasteiger partial charge in [-0.1, -0.05) is 40.5 Å². The molecular formula is C11H5Cl2N3O. The maximum absolute atomic E-state index is 6.01. The molecule has 3 aromatic rings. The van der Waals surface area contributed by atoms with Crippen molar-refractivity contribution in [1.29, 1.82) is 0 Å². The first-order chi connectivity index (χ1) is 8.25. The standard InChI is InChI=1S/C11H5Cl2N3O/c12-7-3-1-6(2-4-7)9-8-10(13)14-5-15-11(8)17-16-9/h1-5H. The summed E-state index contributed by atoms with van der Waals surface area (Å²) in [4.78, 5) is 7.87. The third kappa shape index (κ3) is 1.75. The first-order valence-electron chi connectivity index (χ1n) is 4.77. The summed E-state index contributed by atoms with van der Waals surface area (Å²) in [7, 11) is 0. The third-order valence-electron chi connectivity index (χ3n) is 2.34. The SMILES string of the molecule is Clc1ccc(-c2noc3ncnc(Cl)c23)cc1. The van der Waals surface area contributed by atoms with E-state index >= 15 is 0 Å². The number of halogens is 2. The lowest BCUT2D eigenvalue weighted by atomic mass is 10.1. The van der Waals surface area contributed by atoms with Gasteiger partial charge in [-0.05, 0) is 12.1 Å². The Morgan fingerprint density at radius 1 is 1.00 bits per heavy atom. The van der Waals surface area contributed by atoms with Crippen molar-refractivity contribution in [2.24, 2.45) is 0 Å². The van der Waals surface area contributed by atoms with E-state index in [1.807, 2.05) is 12.1 Å². The van der Waals surface area contributed by atoms with Gasteiger partial charge in [0.2, 0.25) is 0 Å². The van der Waals surface area contributed by atoms with Crippen LogP contribution < -0.4 is 0 Å². The van der Waals surface area contributed by atoms with Gasteiger partial charge in [0.05, 0.1) is 0 Å². The van der Waals surface area contributed by atoms with Crippen LogP contribution in [-0.4, -0.2) is 15.1 Å². The van der Waals surface area contributed by atoms with Crippen molar-refractivity contribution in [2.45, 2.75) is 0 Å². The Morgan fingerprint density at radius 3 is 2.53 bits per heavy atom. The van der Waals surface area contributed by atoms with Crippen LogP contribution in [0.25, 0.3) is 22.4 Å². The fraction of sp³-hybridized carbons (Fsp3) is 0. The second-order valence-corrected chi connectivity index (χ2v) is 4.18. The molecule has 0 atom stereocenters. The van der Waals surface area contributed by atoms with E-state index in [2.05, 4.69) is 15.1 Å². The lowest BCUT2D eigenvalue weighted by Crippen LogP contribution is -1.82. The molecule has 0 unspecified atom stereocenters. The maximum atomic E-state index is 6.01. The topological polar surface area (TPSA) is 51.8 Å². The highest BCUT2D eigenvalue weighted by Crippen LogP contribution is 2.31. The van der Waals surface area contributed by atoms with E-state index < -0.39 is 0 Å². The predicted molar refractivity (Wildman–Crippen MR) is 65.1 cm³/mol. The minimum Gasteiger partial charge on any atom is -0.335 e. The van der Waals surface area contributed by atoms with Gasteiger partial charge in [-0.25, -0.2) is 4.98 Å². The lowest BCUT2D eigenvalue weighted by molar-refractivity contribution is 0.451. The highest BCUT2D eigenvalue weighted by molar-refractivity contribution is 6.34. The van der Waals surface area contributed by atoms with Crippen LogP contribution in [0.15, 0.2) is 35.1 Å². The summed E-state index contributed by atoms with van der Waals surface area (Å²) in [5, 5.41) is 5.54. The minimum absolute atomic E-state index is 0.321. The molecule has 0 aliphatic heterocycles. The molecule has 0 saturated heterocycles. The van der Waals surface area contributed by atoms with Gasteiger partial charge in [-0.2, -0.15) is 4.98 Å². The van der Waals surface area contributed by atoms with Gasteiger partial charge in [-0.15, -0.1) is 0 Å². The predicted octanol–water partition coefficient (Wildman–Crippen LogP) is 3.59. The van der Waals surface area contributed by atoms with E-state index in [4.69, 9.17) is 27.7 Å². The molecule has 17 heavy (non-hydrogen) atoms. The molecule has 0 N–H and O–H groups in total. The summed E-state index contributed by atoms with van der Waals surface area (Å²) >= 11 is 11.8. The van der Waals surface area contributed by atoms with Crippen molar-refractivity contribution in [3.8, 4) is 11.3 Å². The van der Waals surface area contributed by atoms with E-state index in [0.717, 1.165) is 5.56 Å². The van der Waals surface area contributed by atoms with E-state index in [0.29, 0.717) is 27.0 Å². The van der Waals surface area contributed by atoms with E-state index in [-0.39, 0.29) is 0 Å². The van der Waals surface area contributed by atoms with Gasteiger partial charge < -0.3 is 4.52 Å². The van der Waals surface area contributed by atoms with E-state index in [1.165, 1.54) is 6.33 Å². The number of rotatable bonds is 1. The number of fused-ring (bicyclic) bond motifs is 1. The van der Waals surface area contributed by atoms with Crippen molar-refractivity contribution in [3.05, 3.63) is 40.8 Å². The second-order valence-electron chi connectivity index (χ2n) is 3.38. The highest BCUT2D eigenvalue weighted by atomic mass is 35.5. The first kappa shape index (κ1) is 10.5. The maximum Gasteiger partial charge on any atom is 0.262 e. The Morgan fingerprint density at radius 2 is 1.76 bits per heavy atom. The largest absolute Gasteiger partial charge is 0.335 e. The Hall–Kier alpha value is -1.65. The molecule has 84 valence electrons. The molecule has 0 amide bonds. The molecule has 6 heteroatoms. The van der Waals surface area contributed by atoms with Gasteiger partial charge >= 0.3 is 0 Å². The van der Waals surface area contributed by atoms with Gasteiger partial charge in [0.15, 0.2) is 0 Å². The summed E-state index contributed by atoms with van der Waals surface area (Å²) in [6.45, 7) is 0. The van der Waals surface area contributed by atoms with Gasteiger partial charge in [0.1, 0.15) is 22.6 Å². The Bertz CT molecular complexity index is 679. The zero-order chi connectivity index (χ0) is 11.8. The summed E-state index contributed by atoms with van der Waals surface area (Å²) in [6, 6.07) is 7.22. The van der Waals surface area contributed by atoms with Crippen molar-refractivity contribution in [2.75, 3.05) is 0 Å². The molecule has 0 aliphatic rings. The van der Waals surface area contributed by atoms with Crippen molar-refractivity contribution >= 4 is 34.3 Å². The third-order valence-corrected chi connectivity index (χ3v) is 2.88. The summed E-state index contributed by atoms with van der Waals surface area (Å²) < 4.78 is 5.10. The molecule has 0 spiro atoms. The van der Waals surface area contributed by atoms with Crippen LogP contribution in [0.1, 0.15) is 0 Å². The van der Waals surface area contributed by atoms with Crippen LogP contribution in [0.3, 0.4) is 0 Å². The molecule has 2 aromatic heterocycles. The molecule has 2 heterocycles. The number of hydrogen-bond acceptors (Lipinski definition) is 4.